The van der Waals surface area contributed by atoms with E-state index in [1.807, 2.05) is 0 Å². The molecule has 2 N–H and O–H groups in total. The summed E-state index contributed by atoms with van der Waals surface area (Å²) in [6.45, 7) is 5.92. The molecule has 0 aromatic carbocycles. The molecule has 0 radical (unpaired) electrons. The van der Waals surface area contributed by atoms with Gasteiger partial charge in [0, 0.05) is 30.5 Å². The van der Waals surface area contributed by atoms with Gasteiger partial charge in [0.15, 0.2) is 0 Å². The number of amides is 1. The zero-order chi connectivity index (χ0) is 14.1. The van der Waals surface area contributed by atoms with Crippen LogP contribution in [-0.2, 0) is 9.53 Å². The molecule has 0 bridgehead atoms. The first kappa shape index (κ1) is 13.1. The molecule has 1 amide bonds. The van der Waals surface area contributed by atoms with Gasteiger partial charge in [0.1, 0.15) is 5.54 Å². The van der Waals surface area contributed by atoms with Crippen molar-refractivity contribution in [1.82, 2.24) is 4.90 Å². The maximum absolute atomic E-state index is 13.2. The fourth-order valence-corrected chi connectivity index (χ4v) is 4.42. The lowest BCUT2D eigenvalue weighted by Gasteiger charge is -2.61. The van der Waals surface area contributed by atoms with E-state index >= 15 is 0 Å². The zero-order valence-corrected chi connectivity index (χ0v) is 12.6. The number of ether oxygens (including phenoxy) is 1. The van der Waals surface area contributed by atoms with Gasteiger partial charge in [-0.1, -0.05) is 13.8 Å². The fourth-order valence-electron chi connectivity index (χ4n) is 4.42. The van der Waals surface area contributed by atoms with E-state index in [4.69, 9.17) is 10.5 Å². The Balaban J connectivity index is 1.59. The summed E-state index contributed by atoms with van der Waals surface area (Å²) in [7, 11) is 0. The second-order valence-electron chi connectivity index (χ2n) is 7.91. The topological polar surface area (TPSA) is 55.6 Å². The summed E-state index contributed by atoms with van der Waals surface area (Å²) in [6, 6.07) is 0.473. The van der Waals surface area contributed by atoms with Gasteiger partial charge in [-0.3, -0.25) is 4.79 Å². The van der Waals surface area contributed by atoms with Gasteiger partial charge in [0.2, 0.25) is 5.91 Å². The highest BCUT2D eigenvalue weighted by Gasteiger charge is 2.72. The number of nitrogens with zero attached hydrogens (tertiary/aromatic N) is 1. The van der Waals surface area contributed by atoms with Crippen molar-refractivity contribution in [2.24, 2.45) is 23.0 Å². The molecule has 4 heteroatoms. The molecule has 4 aliphatic rings. The van der Waals surface area contributed by atoms with Gasteiger partial charge in [-0.2, -0.15) is 0 Å². The minimum absolute atomic E-state index is 0.179. The van der Waals surface area contributed by atoms with Crippen molar-refractivity contribution in [3.8, 4) is 0 Å². The summed E-state index contributed by atoms with van der Waals surface area (Å²) in [5, 5.41) is 0. The first-order valence-electron chi connectivity index (χ1n) is 8.18. The molecule has 4 rings (SSSR count). The Morgan fingerprint density at radius 3 is 2.55 bits per heavy atom. The van der Waals surface area contributed by atoms with Crippen LogP contribution in [0, 0.1) is 17.3 Å². The van der Waals surface area contributed by atoms with Crippen LogP contribution in [0.1, 0.15) is 46.0 Å². The van der Waals surface area contributed by atoms with Crippen LogP contribution in [0.4, 0.5) is 0 Å². The Morgan fingerprint density at radius 1 is 1.25 bits per heavy atom. The van der Waals surface area contributed by atoms with E-state index in [-0.39, 0.29) is 23.3 Å². The summed E-state index contributed by atoms with van der Waals surface area (Å²) in [6.07, 6.45) is 6.02. The minimum Gasteiger partial charge on any atom is -0.377 e. The van der Waals surface area contributed by atoms with E-state index in [9.17, 15) is 4.79 Å². The van der Waals surface area contributed by atoms with Crippen LogP contribution in [-0.4, -0.2) is 41.6 Å². The van der Waals surface area contributed by atoms with Crippen LogP contribution in [0.15, 0.2) is 0 Å². The molecule has 1 saturated heterocycles. The predicted molar refractivity (Wildman–Crippen MR) is 76.0 cm³/mol. The number of hydrogen-bond donors (Lipinski definition) is 1. The fraction of sp³-hybridized carbons (Fsp3) is 0.938. The molecule has 3 aliphatic carbocycles. The zero-order valence-electron chi connectivity index (χ0n) is 12.6. The summed E-state index contributed by atoms with van der Waals surface area (Å²) in [5.41, 5.74) is 5.76. The Morgan fingerprint density at radius 2 is 1.95 bits per heavy atom. The lowest BCUT2D eigenvalue weighted by atomic mass is 9.47. The Labute approximate surface area is 121 Å². The second kappa shape index (κ2) is 3.98. The maximum Gasteiger partial charge on any atom is 0.243 e. The van der Waals surface area contributed by atoms with E-state index in [2.05, 4.69) is 18.7 Å². The lowest BCUT2D eigenvalue weighted by molar-refractivity contribution is -0.185. The molecule has 112 valence electrons. The van der Waals surface area contributed by atoms with Crippen LogP contribution in [0.5, 0.6) is 0 Å². The van der Waals surface area contributed by atoms with Crippen LogP contribution < -0.4 is 5.73 Å². The molecular weight excluding hydrogens is 252 g/mol. The van der Waals surface area contributed by atoms with Crippen LogP contribution in [0.25, 0.3) is 0 Å². The molecule has 1 aliphatic heterocycles. The number of fused-ring (bicyclic) bond motifs is 1. The number of rotatable bonds is 4. The Kier molecular flexibility index (Phi) is 2.60. The minimum atomic E-state index is -0.703. The molecule has 3 unspecified atom stereocenters. The first-order chi connectivity index (χ1) is 9.46. The van der Waals surface area contributed by atoms with Gasteiger partial charge in [-0.15, -0.1) is 0 Å². The van der Waals surface area contributed by atoms with Gasteiger partial charge in [-0.05, 0) is 38.0 Å². The van der Waals surface area contributed by atoms with E-state index in [1.54, 1.807) is 0 Å². The van der Waals surface area contributed by atoms with Crippen molar-refractivity contribution in [3.05, 3.63) is 0 Å². The average molecular weight is 278 g/mol. The molecule has 4 nitrogen and oxygen atoms in total. The van der Waals surface area contributed by atoms with Gasteiger partial charge in [-0.25, -0.2) is 0 Å². The van der Waals surface area contributed by atoms with Crippen molar-refractivity contribution in [2.45, 2.75) is 63.6 Å². The SMILES string of the molecule is CC1(C)C2OCCC2C1(N)C(=O)N(CC1CC1)C1CC1. The molecule has 0 aromatic rings. The standard InChI is InChI=1S/C16H26N2O2/c1-15(2)13-12(7-8-20-13)16(15,17)14(19)18(11-5-6-11)9-10-3-4-10/h10-13H,3-9,17H2,1-2H3. The van der Waals surface area contributed by atoms with E-state index < -0.39 is 5.54 Å². The maximum atomic E-state index is 13.2. The van der Waals surface area contributed by atoms with Crippen molar-refractivity contribution in [3.63, 3.8) is 0 Å². The highest BCUT2D eigenvalue weighted by molar-refractivity contribution is 5.90. The van der Waals surface area contributed by atoms with Gasteiger partial charge in [0.05, 0.1) is 6.10 Å². The average Bonchev–Trinajstić information content (AvgIpc) is 3.32. The largest absolute Gasteiger partial charge is 0.377 e. The Bertz CT molecular complexity index is 442. The summed E-state index contributed by atoms with van der Waals surface area (Å²) >= 11 is 0. The normalized spacial score (nSPS) is 42.0. The molecule has 3 atom stereocenters. The third kappa shape index (κ3) is 1.58. The quantitative estimate of drug-likeness (QED) is 0.848. The molecule has 20 heavy (non-hydrogen) atoms. The van der Waals surface area contributed by atoms with E-state index in [0.29, 0.717) is 6.04 Å². The predicted octanol–water partition coefficient (Wildman–Crippen LogP) is 1.53. The molecule has 0 aromatic heterocycles. The summed E-state index contributed by atoms with van der Waals surface area (Å²) in [4.78, 5) is 15.3. The highest BCUT2D eigenvalue weighted by Crippen LogP contribution is 2.59. The third-order valence-electron chi connectivity index (χ3n) is 6.21. The van der Waals surface area contributed by atoms with Crippen molar-refractivity contribution in [1.29, 1.82) is 0 Å². The highest BCUT2D eigenvalue weighted by atomic mass is 16.5. The number of nitrogens with two attached hydrogens (primary N) is 1. The molecule has 3 saturated carbocycles. The number of hydrogen-bond acceptors (Lipinski definition) is 3. The van der Waals surface area contributed by atoms with Gasteiger partial charge >= 0.3 is 0 Å². The smallest absolute Gasteiger partial charge is 0.243 e. The molecule has 4 fully saturated rings. The van der Waals surface area contributed by atoms with Crippen molar-refractivity contribution >= 4 is 5.91 Å². The van der Waals surface area contributed by atoms with E-state index in [0.717, 1.165) is 25.5 Å². The Hall–Kier alpha value is -0.610. The second-order valence-corrected chi connectivity index (χ2v) is 7.91. The van der Waals surface area contributed by atoms with Crippen LogP contribution in [0.3, 0.4) is 0 Å². The van der Waals surface area contributed by atoms with Gasteiger partial charge < -0.3 is 15.4 Å². The molecule has 1 heterocycles. The third-order valence-corrected chi connectivity index (χ3v) is 6.21. The van der Waals surface area contributed by atoms with Gasteiger partial charge in [0.25, 0.3) is 0 Å². The summed E-state index contributed by atoms with van der Waals surface area (Å²) < 4.78 is 5.81. The summed E-state index contributed by atoms with van der Waals surface area (Å²) in [5.74, 6) is 1.18. The van der Waals surface area contributed by atoms with Crippen LogP contribution >= 0.6 is 0 Å². The number of carbonyl (C=O) groups is 1. The van der Waals surface area contributed by atoms with Crippen molar-refractivity contribution in [2.75, 3.05) is 13.2 Å². The molecular formula is C16H26N2O2. The first-order valence-corrected chi connectivity index (χ1v) is 8.18. The van der Waals surface area contributed by atoms with E-state index in [1.165, 1.54) is 25.7 Å². The van der Waals surface area contributed by atoms with Crippen molar-refractivity contribution < 1.29 is 9.53 Å². The molecule has 0 spiro atoms. The monoisotopic (exact) mass is 278 g/mol. The number of carbonyl (C=O) groups excluding carboxylic acids is 1. The van der Waals surface area contributed by atoms with Crippen LogP contribution in [0.2, 0.25) is 0 Å². The lowest BCUT2D eigenvalue weighted by Crippen LogP contribution is -2.80.